The van der Waals surface area contributed by atoms with Gasteiger partial charge in [-0.3, -0.25) is 14.9 Å². The van der Waals surface area contributed by atoms with Crippen LogP contribution in [0.5, 0.6) is 5.75 Å². The van der Waals surface area contributed by atoms with Crippen LogP contribution in [0.1, 0.15) is 21.5 Å². The molecule has 1 amide bonds. The highest BCUT2D eigenvalue weighted by Crippen LogP contribution is 2.25. The van der Waals surface area contributed by atoms with Crippen molar-refractivity contribution in [1.82, 2.24) is 10.4 Å². The molecule has 0 saturated heterocycles. The molecule has 0 spiro atoms. The van der Waals surface area contributed by atoms with Crippen molar-refractivity contribution in [1.29, 1.82) is 0 Å². The second-order valence-corrected chi connectivity index (χ2v) is 5.31. The summed E-state index contributed by atoms with van der Waals surface area (Å²) in [7, 11) is 0. The number of ether oxygens (including phenoxy) is 1. The van der Waals surface area contributed by atoms with E-state index in [2.05, 4.69) is 17.0 Å². The molecule has 3 rings (SSSR count). The molecule has 2 N–H and O–H groups in total. The number of benzene rings is 2. The molecule has 0 aromatic heterocycles. The molecular weight excluding hydrogens is 280 g/mol. The Kier molecular flexibility index (Phi) is 4.37. The van der Waals surface area contributed by atoms with Gasteiger partial charge in [0, 0.05) is 30.8 Å². The lowest BCUT2D eigenvalue weighted by Gasteiger charge is -2.19. The fourth-order valence-corrected chi connectivity index (χ4v) is 2.61. The molecule has 0 fully saturated rings. The average molecular weight is 298 g/mol. The SMILES string of the molecule is O=C(NO)c1ccc2c(c1)OCCN(Cc1ccccc1)C2. The van der Waals surface area contributed by atoms with Gasteiger partial charge in [-0.05, 0) is 17.7 Å². The standard InChI is InChI=1S/C17H18N2O3/c20-17(18-21)14-6-7-15-12-19(8-9-22-16(15)10-14)11-13-4-2-1-3-5-13/h1-7,10,21H,8-9,11-12H2,(H,18,20). The number of nitrogens with one attached hydrogen (secondary N) is 1. The number of hydrogen-bond acceptors (Lipinski definition) is 4. The molecule has 22 heavy (non-hydrogen) atoms. The topological polar surface area (TPSA) is 61.8 Å². The monoisotopic (exact) mass is 298 g/mol. The molecule has 1 aliphatic rings. The summed E-state index contributed by atoms with van der Waals surface area (Å²) in [5.41, 5.74) is 4.34. The maximum Gasteiger partial charge on any atom is 0.274 e. The van der Waals surface area contributed by atoms with Crippen LogP contribution in [0.25, 0.3) is 0 Å². The summed E-state index contributed by atoms with van der Waals surface area (Å²) in [5, 5.41) is 8.71. The zero-order chi connectivity index (χ0) is 15.4. The molecular formula is C17H18N2O3. The summed E-state index contributed by atoms with van der Waals surface area (Å²) in [4.78, 5) is 13.8. The quantitative estimate of drug-likeness (QED) is 0.673. The minimum absolute atomic E-state index is 0.387. The Morgan fingerprint density at radius 1 is 1.23 bits per heavy atom. The molecule has 0 saturated carbocycles. The van der Waals surface area contributed by atoms with Crippen molar-refractivity contribution >= 4 is 5.91 Å². The lowest BCUT2D eigenvalue weighted by atomic mass is 10.1. The highest BCUT2D eigenvalue weighted by Gasteiger charge is 2.17. The second kappa shape index (κ2) is 6.60. The lowest BCUT2D eigenvalue weighted by molar-refractivity contribution is 0.0706. The van der Waals surface area contributed by atoms with Gasteiger partial charge in [0.15, 0.2) is 0 Å². The number of amides is 1. The Morgan fingerprint density at radius 3 is 2.82 bits per heavy atom. The number of hydroxylamine groups is 1. The van der Waals surface area contributed by atoms with Gasteiger partial charge in [-0.25, -0.2) is 5.48 Å². The van der Waals surface area contributed by atoms with Crippen molar-refractivity contribution < 1.29 is 14.7 Å². The highest BCUT2D eigenvalue weighted by molar-refractivity contribution is 5.93. The second-order valence-electron chi connectivity index (χ2n) is 5.31. The minimum atomic E-state index is -0.531. The van der Waals surface area contributed by atoms with Crippen LogP contribution in [0.15, 0.2) is 48.5 Å². The van der Waals surface area contributed by atoms with Gasteiger partial charge in [0.2, 0.25) is 0 Å². The summed E-state index contributed by atoms with van der Waals surface area (Å²) in [6.07, 6.45) is 0. The van der Waals surface area contributed by atoms with Crippen LogP contribution in [-0.4, -0.2) is 29.2 Å². The van der Waals surface area contributed by atoms with E-state index in [1.807, 2.05) is 24.3 Å². The molecule has 5 nitrogen and oxygen atoms in total. The van der Waals surface area contributed by atoms with E-state index in [4.69, 9.17) is 9.94 Å². The molecule has 0 unspecified atom stereocenters. The molecule has 0 aliphatic carbocycles. The van der Waals surface area contributed by atoms with Crippen molar-refractivity contribution in [2.75, 3.05) is 13.2 Å². The van der Waals surface area contributed by atoms with Crippen LogP contribution in [0.3, 0.4) is 0 Å². The smallest absolute Gasteiger partial charge is 0.274 e. The first-order chi connectivity index (χ1) is 10.8. The van der Waals surface area contributed by atoms with E-state index in [-0.39, 0.29) is 0 Å². The number of carbonyl (C=O) groups is 1. The third kappa shape index (κ3) is 3.27. The molecule has 5 heteroatoms. The van der Waals surface area contributed by atoms with Crippen LogP contribution < -0.4 is 10.2 Å². The number of fused-ring (bicyclic) bond motifs is 1. The zero-order valence-electron chi connectivity index (χ0n) is 12.2. The Morgan fingerprint density at radius 2 is 2.05 bits per heavy atom. The number of carbonyl (C=O) groups excluding carboxylic acids is 1. The average Bonchev–Trinajstić information content (AvgIpc) is 2.76. The van der Waals surface area contributed by atoms with Crippen molar-refractivity contribution in [3.05, 3.63) is 65.2 Å². The van der Waals surface area contributed by atoms with E-state index < -0.39 is 5.91 Å². The number of rotatable bonds is 3. The van der Waals surface area contributed by atoms with Crippen molar-refractivity contribution in [3.8, 4) is 5.75 Å². The van der Waals surface area contributed by atoms with Gasteiger partial charge in [0.25, 0.3) is 5.91 Å². The van der Waals surface area contributed by atoms with E-state index in [0.29, 0.717) is 17.9 Å². The van der Waals surface area contributed by atoms with Crippen LogP contribution in [0.2, 0.25) is 0 Å². The van der Waals surface area contributed by atoms with Crippen LogP contribution in [-0.2, 0) is 13.1 Å². The van der Waals surface area contributed by atoms with Gasteiger partial charge >= 0.3 is 0 Å². The summed E-state index contributed by atoms with van der Waals surface area (Å²) in [6.45, 7) is 3.03. The van der Waals surface area contributed by atoms with Crippen LogP contribution >= 0.6 is 0 Å². The molecule has 2 aromatic rings. The predicted octanol–water partition coefficient (Wildman–Crippen LogP) is 2.20. The van der Waals surface area contributed by atoms with Crippen molar-refractivity contribution in [2.24, 2.45) is 0 Å². The largest absolute Gasteiger partial charge is 0.492 e. The van der Waals surface area contributed by atoms with E-state index in [1.165, 1.54) is 5.56 Å². The van der Waals surface area contributed by atoms with E-state index in [0.717, 1.165) is 25.2 Å². The minimum Gasteiger partial charge on any atom is -0.492 e. The Hall–Kier alpha value is -2.37. The first-order valence-corrected chi connectivity index (χ1v) is 7.23. The Balaban J connectivity index is 1.77. The maximum absolute atomic E-state index is 11.5. The van der Waals surface area contributed by atoms with Gasteiger partial charge < -0.3 is 4.74 Å². The molecule has 1 heterocycles. The summed E-state index contributed by atoms with van der Waals surface area (Å²) >= 11 is 0. The van der Waals surface area contributed by atoms with E-state index >= 15 is 0 Å². The Bertz CT molecular complexity index is 658. The lowest BCUT2D eigenvalue weighted by Crippen LogP contribution is -2.25. The van der Waals surface area contributed by atoms with Gasteiger partial charge in [-0.2, -0.15) is 0 Å². The van der Waals surface area contributed by atoms with E-state index in [1.54, 1.807) is 17.6 Å². The number of nitrogens with zero attached hydrogens (tertiary/aromatic N) is 1. The van der Waals surface area contributed by atoms with Crippen molar-refractivity contribution in [3.63, 3.8) is 0 Å². The summed E-state index contributed by atoms with van der Waals surface area (Å²) < 4.78 is 5.75. The summed E-state index contributed by atoms with van der Waals surface area (Å²) in [5.74, 6) is 0.174. The van der Waals surface area contributed by atoms with Gasteiger partial charge in [-0.15, -0.1) is 0 Å². The third-order valence-corrected chi connectivity index (χ3v) is 3.74. The van der Waals surface area contributed by atoms with Gasteiger partial charge in [0.05, 0.1) is 0 Å². The van der Waals surface area contributed by atoms with Gasteiger partial charge in [-0.1, -0.05) is 36.4 Å². The molecule has 1 aliphatic heterocycles. The summed E-state index contributed by atoms with van der Waals surface area (Å²) in [6, 6.07) is 15.6. The van der Waals surface area contributed by atoms with Crippen LogP contribution in [0, 0.1) is 0 Å². The predicted molar refractivity (Wildman–Crippen MR) is 81.7 cm³/mol. The Labute approximate surface area is 129 Å². The maximum atomic E-state index is 11.5. The molecule has 0 radical (unpaired) electrons. The fourth-order valence-electron chi connectivity index (χ4n) is 2.61. The zero-order valence-corrected chi connectivity index (χ0v) is 12.2. The van der Waals surface area contributed by atoms with E-state index in [9.17, 15) is 4.79 Å². The normalized spacial score (nSPS) is 14.6. The molecule has 0 atom stereocenters. The van der Waals surface area contributed by atoms with Crippen LogP contribution in [0.4, 0.5) is 0 Å². The first-order valence-electron chi connectivity index (χ1n) is 7.23. The highest BCUT2D eigenvalue weighted by atomic mass is 16.5. The van der Waals surface area contributed by atoms with Gasteiger partial charge in [0.1, 0.15) is 12.4 Å². The fraction of sp³-hybridized carbons (Fsp3) is 0.235. The van der Waals surface area contributed by atoms with Crippen molar-refractivity contribution in [2.45, 2.75) is 13.1 Å². The number of hydrogen-bond donors (Lipinski definition) is 2. The molecule has 0 bridgehead atoms. The first kappa shape index (κ1) is 14.6. The molecule has 2 aromatic carbocycles. The third-order valence-electron chi connectivity index (χ3n) is 3.74. The molecule has 114 valence electrons.